The van der Waals surface area contributed by atoms with Gasteiger partial charge in [-0.25, -0.2) is 0 Å². The lowest BCUT2D eigenvalue weighted by Gasteiger charge is -2.24. The molecule has 0 spiro atoms. The molecule has 0 aliphatic carbocycles. The quantitative estimate of drug-likeness (QED) is 0.237. The summed E-state index contributed by atoms with van der Waals surface area (Å²) in [5.41, 5.74) is 7.55. The molecule has 1 aromatic carbocycles. The predicted octanol–water partition coefficient (Wildman–Crippen LogP) is 2.58. The molecule has 3 rings (SSSR count). The number of hydrogen-bond donors (Lipinski definition) is 2. The van der Waals surface area contributed by atoms with Crippen molar-refractivity contribution in [1.82, 2.24) is 14.9 Å². The summed E-state index contributed by atoms with van der Waals surface area (Å²) < 4.78 is 10.3. The van der Waals surface area contributed by atoms with E-state index in [0.29, 0.717) is 6.61 Å². The topological polar surface area (TPSA) is 149 Å². The smallest absolute Gasteiger partial charge is 0.353 e. The second-order valence-electron chi connectivity index (χ2n) is 8.83. The van der Waals surface area contributed by atoms with E-state index in [0.717, 1.165) is 30.8 Å². The zero-order valence-corrected chi connectivity index (χ0v) is 21.1. The summed E-state index contributed by atoms with van der Waals surface area (Å²) in [7, 11) is 1.56. The lowest BCUT2D eigenvalue weighted by atomic mass is 10.1. The molecule has 36 heavy (non-hydrogen) atoms. The molecule has 1 aliphatic heterocycles. The van der Waals surface area contributed by atoms with Crippen molar-refractivity contribution in [2.45, 2.75) is 45.8 Å². The van der Waals surface area contributed by atoms with E-state index in [1.54, 1.807) is 14.0 Å². The highest BCUT2D eigenvalue weighted by Gasteiger charge is 2.29. The molecule has 3 N–H and O–H groups in total. The van der Waals surface area contributed by atoms with Crippen LogP contribution in [0.5, 0.6) is 0 Å². The van der Waals surface area contributed by atoms with E-state index in [1.165, 1.54) is 17.7 Å². The molecule has 0 bridgehead atoms. The van der Waals surface area contributed by atoms with E-state index >= 15 is 0 Å². The number of esters is 1. The number of benzene rings is 1. The number of likely N-dealkylation sites (tertiary alicyclic amines) is 1. The third-order valence-corrected chi connectivity index (χ3v) is 5.76. The van der Waals surface area contributed by atoms with Crippen LogP contribution in [0, 0.1) is 10.1 Å². The average Bonchev–Trinajstić information content (AvgIpc) is 3.31. The number of nitrogens with two attached hydrogens (primary N) is 1. The average molecular weight is 502 g/mol. The Balaban J connectivity index is 1.96. The first-order valence-corrected chi connectivity index (χ1v) is 12.1. The van der Waals surface area contributed by atoms with Gasteiger partial charge >= 0.3 is 11.7 Å². The second-order valence-corrected chi connectivity index (χ2v) is 8.83. The van der Waals surface area contributed by atoms with Crippen LogP contribution in [0.2, 0.25) is 0 Å². The van der Waals surface area contributed by atoms with E-state index in [1.807, 2.05) is 25.1 Å². The van der Waals surface area contributed by atoms with Crippen molar-refractivity contribution in [3.63, 3.8) is 0 Å². The molecule has 2 heterocycles. The molecule has 0 saturated carbocycles. The number of methoxy groups -OCH3 is 1. The number of ether oxygens (including phenoxy) is 2. The molecular weight excluding hydrogens is 466 g/mol. The molecule has 1 aliphatic rings. The van der Waals surface area contributed by atoms with Gasteiger partial charge in [0, 0.05) is 26.2 Å². The summed E-state index contributed by atoms with van der Waals surface area (Å²) in [5, 5.41) is 15.0. The van der Waals surface area contributed by atoms with E-state index in [9.17, 15) is 14.9 Å². The van der Waals surface area contributed by atoms with Crippen LogP contribution in [0.1, 0.15) is 37.8 Å². The van der Waals surface area contributed by atoms with Crippen LogP contribution >= 0.6 is 0 Å². The summed E-state index contributed by atoms with van der Waals surface area (Å²) in [6.07, 6.45) is 2.40. The Hall–Kier alpha value is -3.51. The van der Waals surface area contributed by atoms with E-state index in [2.05, 4.69) is 26.3 Å². The number of anilines is 3. The maximum Gasteiger partial charge on any atom is 0.353 e. The zero-order valence-electron chi connectivity index (χ0n) is 21.1. The molecule has 1 fully saturated rings. The maximum atomic E-state index is 12.5. The Morgan fingerprint density at radius 3 is 2.69 bits per heavy atom. The van der Waals surface area contributed by atoms with Crippen LogP contribution < -0.4 is 16.0 Å². The molecule has 0 radical (unpaired) electrons. The van der Waals surface area contributed by atoms with Gasteiger partial charge in [-0.3, -0.25) is 19.8 Å². The number of carbonyl (C=O) groups is 1. The molecule has 12 heteroatoms. The van der Waals surface area contributed by atoms with Gasteiger partial charge in [-0.05, 0) is 50.9 Å². The summed E-state index contributed by atoms with van der Waals surface area (Å²) in [5.74, 6) is -0.778. The van der Waals surface area contributed by atoms with E-state index in [-0.39, 0.29) is 43.3 Å². The third-order valence-electron chi connectivity index (χ3n) is 5.76. The molecule has 1 aromatic heterocycles. The number of hydrogen-bond acceptors (Lipinski definition) is 11. The molecular formula is C24H35N7O5. The normalized spacial score (nSPS) is 14.4. The summed E-state index contributed by atoms with van der Waals surface area (Å²) >= 11 is 0. The van der Waals surface area contributed by atoms with Crippen molar-refractivity contribution in [1.29, 1.82) is 0 Å². The summed E-state index contributed by atoms with van der Waals surface area (Å²) in [4.78, 5) is 36.2. The lowest BCUT2D eigenvalue weighted by Crippen LogP contribution is -2.33. The Bertz CT molecular complexity index is 1050. The van der Waals surface area contributed by atoms with Gasteiger partial charge in [-0.1, -0.05) is 24.3 Å². The first-order valence-electron chi connectivity index (χ1n) is 12.1. The number of rotatable bonds is 13. The van der Waals surface area contributed by atoms with Gasteiger partial charge in [0.1, 0.15) is 6.54 Å². The Kier molecular flexibility index (Phi) is 9.77. The van der Waals surface area contributed by atoms with Crippen molar-refractivity contribution in [2.75, 3.05) is 55.9 Å². The Morgan fingerprint density at radius 1 is 1.31 bits per heavy atom. The summed E-state index contributed by atoms with van der Waals surface area (Å²) in [6, 6.07) is 7.80. The molecule has 12 nitrogen and oxygen atoms in total. The minimum Gasteiger partial charge on any atom is -0.465 e. The van der Waals surface area contributed by atoms with Crippen molar-refractivity contribution >= 4 is 29.2 Å². The second kappa shape index (κ2) is 13.0. The first kappa shape index (κ1) is 27.1. The van der Waals surface area contributed by atoms with Crippen LogP contribution in [-0.2, 0) is 27.4 Å². The van der Waals surface area contributed by atoms with Crippen molar-refractivity contribution in [3.8, 4) is 0 Å². The van der Waals surface area contributed by atoms with Gasteiger partial charge in [-0.15, -0.1) is 0 Å². The number of nitrogens with zero attached hydrogens (tertiary/aromatic N) is 5. The van der Waals surface area contributed by atoms with Gasteiger partial charge in [-0.2, -0.15) is 9.97 Å². The van der Waals surface area contributed by atoms with Crippen LogP contribution in [0.15, 0.2) is 24.3 Å². The predicted molar refractivity (Wildman–Crippen MR) is 137 cm³/mol. The van der Waals surface area contributed by atoms with Crippen molar-refractivity contribution in [2.24, 2.45) is 0 Å². The van der Waals surface area contributed by atoms with E-state index < -0.39 is 16.6 Å². The molecule has 1 saturated heterocycles. The molecule has 0 amide bonds. The first-order chi connectivity index (χ1) is 17.3. The van der Waals surface area contributed by atoms with Crippen LogP contribution in [0.4, 0.5) is 23.3 Å². The third kappa shape index (κ3) is 7.49. The number of nitrogen functional groups attached to an aromatic ring is 1. The maximum absolute atomic E-state index is 12.5. The van der Waals surface area contributed by atoms with Gasteiger partial charge in [0.25, 0.3) is 0 Å². The number of nitro groups is 1. The molecule has 2 aromatic rings. The van der Waals surface area contributed by atoms with Crippen LogP contribution in [0.3, 0.4) is 0 Å². The van der Waals surface area contributed by atoms with E-state index in [4.69, 9.17) is 15.2 Å². The monoisotopic (exact) mass is 501 g/mol. The number of carbonyl (C=O) groups excluding carboxylic acids is 1. The highest BCUT2D eigenvalue weighted by molar-refractivity contribution is 5.79. The highest BCUT2D eigenvalue weighted by atomic mass is 16.6. The Labute approximate surface area is 210 Å². The van der Waals surface area contributed by atoms with Gasteiger partial charge in [0.15, 0.2) is 0 Å². The zero-order chi connectivity index (χ0) is 26.1. The van der Waals surface area contributed by atoms with Gasteiger partial charge in [0.2, 0.25) is 17.6 Å². The fourth-order valence-electron chi connectivity index (χ4n) is 4.25. The molecule has 1 unspecified atom stereocenters. The molecule has 196 valence electrons. The molecule has 1 atom stereocenters. The number of aromatic nitrogens is 2. The minimum atomic E-state index is -0.630. The fraction of sp³-hybridized carbons (Fsp3) is 0.542. The summed E-state index contributed by atoms with van der Waals surface area (Å²) in [6.45, 7) is 7.04. The van der Waals surface area contributed by atoms with Gasteiger partial charge in [0.05, 0.1) is 18.1 Å². The highest BCUT2D eigenvalue weighted by Crippen LogP contribution is 2.33. The van der Waals surface area contributed by atoms with Crippen molar-refractivity contribution in [3.05, 3.63) is 45.5 Å². The fourth-order valence-corrected chi connectivity index (χ4v) is 4.25. The standard InChI is InChI=1S/C24H35N7O5/c1-4-36-20(32)15-30(14-19-9-7-8-18(12-19)13-29-10-5-6-11-29)23-21(31(33)34)22(25)27-24(28-23)26-17(2)16-35-3/h7-9,12,17H,4-6,10-11,13-16H2,1-3H3,(H3,25,26,27,28). The van der Waals surface area contributed by atoms with Gasteiger partial charge < -0.3 is 25.4 Å². The number of nitrogens with one attached hydrogen (secondary N) is 1. The van der Waals surface area contributed by atoms with Crippen molar-refractivity contribution < 1.29 is 19.2 Å². The Morgan fingerprint density at radius 2 is 2.03 bits per heavy atom. The van der Waals surface area contributed by atoms with Crippen LogP contribution in [0.25, 0.3) is 0 Å². The SMILES string of the molecule is CCOC(=O)CN(Cc1cccc(CN2CCCC2)c1)c1nc(NC(C)COC)nc(N)c1[N+](=O)[O-]. The lowest BCUT2D eigenvalue weighted by molar-refractivity contribution is -0.383. The largest absolute Gasteiger partial charge is 0.465 e. The van der Waals surface area contributed by atoms with Crippen LogP contribution in [-0.4, -0.2) is 71.8 Å². The minimum absolute atomic E-state index is 0.0578.